The number of H-pyrrole nitrogens is 1. The van der Waals surface area contributed by atoms with Crippen molar-refractivity contribution >= 4 is 35.3 Å². The van der Waals surface area contributed by atoms with Gasteiger partial charge >= 0.3 is 0 Å². The molecule has 4 rings (SSSR count). The third kappa shape index (κ3) is 4.30. The van der Waals surface area contributed by atoms with Crippen LogP contribution in [0.2, 0.25) is 10.0 Å². The molecule has 0 unspecified atom stereocenters. The lowest BCUT2D eigenvalue weighted by atomic mass is 10.0. The Kier molecular flexibility index (Phi) is 5.98. The molecular weight excluding hydrogens is 417 g/mol. The van der Waals surface area contributed by atoms with Crippen molar-refractivity contribution in [2.75, 3.05) is 0 Å². The Balaban J connectivity index is 1.66. The number of nitrogens with zero attached hydrogens (tertiary/aromatic N) is 1. The van der Waals surface area contributed by atoms with Crippen LogP contribution in [0.1, 0.15) is 16.1 Å². The number of carbonyl (C=O) groups excluding carboxylic acids is 1. The van der Waals surface area contributed by atoms with Gasteiger partial charge in [-0.15, -0.1) is 0 Å². The highest BCUT2D eigenvalue weighted by molar-refractivity contribution is 6.38. The first-order valence-corrected chi connectivity index (χ1v) is 10.0. The van der Waals surface area contributed by atoms with Crippen LogP contribution in [0, 0.1) is 0 Å². The van der Waals surface area contributed by atoms with Gasteiger partial charge in [0, 0.05) is 16.8 Å². The Morgan fingerprint density at radius 3 is 2.07 bits per heavy atom. The van der Waals surface area contributed by atoms with Gasteiger partial charge in [-0.3, -0.25) is 4.79 Å². The molecule has 148 valence electrons. The minimum atomic E-state index is -0.365. The van der Waals surface area contributed by atoms with Gasteiger partial charge in [-0.25, -0.2) is 5.43 Å². The van der Waals surface area contributed by atoms with E-state index in [4.69, 9.17) is 23.2 Å². The van der Waals surface area contributed by atoms with Gasteiger partial charge in [0.05, 0.1) is 16.3 Å². The fourth-order valence-corrected chi connectivity index (χ4v) is 3.59. The molecule has 0 fully saturated rings. The average molecular weight is 434 g/mol. The molecule has 0 saturated carbocycles. The molecule has 1 aromatic heterocycles. The normalized spacial score (nSPS) is 11.0. The van der Waals surface area contributed by atoms with Gasteiger partial charge in [-0.1, -0.05) is 89.9 Å². The average Bonchev–Trinajstić information content (AvgIpc) is 3.23. The largest absolute Gasteiger partial charge is 0.350 e. The molecule has 0 aliphatic carbocycles. The van der Waals surface area contributed by atoms with E-state index in [9.17, 15) is 4.79 Å². The first kappa shape index (κ1) is 20.0. The summed E-state index contributed by atoms with van der Waals surface area (Å²) in [6.07, 6.45) is 1.44. The van der Waals surface area contributed by atoms with Crippen molar-refractivity contribution in [3.05, 3.63) is 106 Å². The van der Waals surface area contributed by atoms with Crippen molar-refractivity contribution in [2.24, 2.45) is 5.10 Å². The van der Waals surface area contributed by atoms with Gasteiger partial charge in [0.25, 0.3) is 5.91 Å². The summed E-state index contributed by atoms with van der Waals surface area (Å²) in [5, 5.41) is 4.95. The van der Waals surface area contributed by atoms with Crippen molar-refractivity contribution in [1.29, 1.82) is 0 Å². The van der Waals surface area contributed by atoms with E-state index in [-0.39, 0.29) is 5.91 Å². The fraction of sp³-hybridized carbons (Fsp3) is 0. The van der Waals surface area contributed by atoms with E-state index in [0.29, 0.717) is 21.3 Å². The number of hydrogen-bond acceptors (Lipinski definition) is 2. The van der Waals surface area contributed by atoms with Crippen molar-refractivity contribution in [3.8, 4) is 22.4 Å². The van der Waals surface area contributed by atoms with E-state index in [1.807, 2.05) is 66.7 Å². The molecule has 4 nitrogen and oxygen atoms in total. The maximum Gasteiger partial charge on any atom is 0.288 e. The van der Waals surface area contributed by atoms with Crippen LogP contribution < -0.4 is 5.43 Å². The van der Waals surface area contributed by atoms with Gasteiger partial charge < -0.3 is 4.98 Å². The zero-order chi connectivity index (χ0) is 20.9. The summed E-state index contributed by atoms with van der Waals surface area (Å²) in [5.41, 5.74) is 7.07. The second-order valence-corrected chi connectivity index (χ2v) is 7.35. The zero-order valence-corrected chi connectivity index (χ0v) is 17.3. The Hall–Kier alpha value is -3.34. The molecule has 0 saturated heterocycles. The predicted octanol–water partition coefficient (Wildman–Crippen LogP) is 6.42. The summed E-state index contributed by atoms with van der Waals surface area (Å²) in [6.45, 7) is 0. The van der Waals surface area contributed by atoms with E-state index >= 15 is 0 Å². The van der Waals surface area contributed by atoms with Crippen LogP contribution in [0.3, 0.4) is 0 Å². The lowest BCUT2D eigenvalue weighted by Gasteiger charge is -2.04. The summed E-state index contributed by atoms with van der Waals surface area (Å²) in [5.74, 6) is -0.365. The molecule has 4 aromatic rings. The highest BCUT2D eigenvalue weighted by Crippen LogP contribution is 2.30. The molecule has 0 bridgehead atoms. The van der Waals surface area contributed by atoms with E-state index in [2.05, 4.69) is 15.5 Å². The molecule has 1 heterocycles. The lowest BCUT2D eigenvalue weighted by molar-refractivity contribution is 0.0951. The first-order valence-electron chi connectivity index (χ1n) is 9.25. The van der Waals surface area contributed by atoms with Crippen LogP contribution in [0.25, 0.3) is 22.4 Å². The minimum absolute atomic E-state index is 0.365. The van der Waals surface area contributed by atoms with Gasteiger partial charge in [-0.05, 0) is 29.3 Å². The molecule has 0 aliphatic rings. The highest BCUT2D eigenvalue weighted by Gasteiger charge is 2.17. The van der Waals surface area contributed by atoms with Crippen molar-refractivity contribution in [2.45, 2.75) is 0 Å². The van der Waals surface area contributed by atoms with Crippen LogP contribution in [-0.2, 0) is 0 Å². The number of benzene rings is 3. The van der Waals surface area contributed by atoms with Gasteiger partial charge in [-0.2, -0.15) is 5.10 Å². The van der Waals surface area contributed by atoms with Crippen molar-refractivity contribution in [3.63, 3.8) is 0 Å². The lowest BCUT2D eigenvalue weighted by Crippen LogP contribution is -2.19. The molecule has 1 amide bonds. The number of halogens is 2. The second kappa shape index (κ2) is 8.99. The quantitative estimate of drug-likeness (QED) is 0.276. The smallest absolute Gasteiger partial charge is 0.288 e. The monoisotopic (exact) mass is 433 g/mol. The van der Waals surface area contributed by atoms with Crippen molar-refractivity contribution in [1.82, 2.24) is 10.4 Å². The van der Waals surface area contributed by atoms with Gasteiger partial charge in [0.15, 0.2) is 0 Å². The van der Waals surface area contributed by atoms with Crippen LogP contribution in [0.5, 0.6) is 0 Å². The maximum atomic E-state index is 12.9. The Labute approximate surface area is 184 Å². The molecule has 0 radical (unpaired) electrons. The topological polar surface area (TPSA) is 57.2 Å². The SMILES string of the molecule is O=C(N/N=C\c1c(Cl)cccc1Cl)c1[nH]c(-c2ccccc2)cc1-c1ccccc1. The number of rotatable bonds is 5. The minimum Gasteiger partial charge on any atom is -0.350 e. The third-order valence-corrected chi connectivity index (χ3v) is 5.23. The molecule has 2 N–H and O–H groups in total. The van der Waals surface area contributed by atoms with Crippen molar-refractivity contribution < 1.29 is 4.79 Å². The second-order valence-electron chi connectivity index (χ2n) is 6.54. The summed E-state index contributed by atoms with van der Waals surface area (Å²) < 4.78 is 0. The molecule has 6 heteroatoms. The summed E-state index contributed by atoms with van der Waals surface area (Å²) in [6, 6.07) is 26.7. The van der Waals surface area contributed by atoms with E-state index < -0.39 is 0 Å². The maximum absolute atomic E-state index is 12.9. The number of amides is 1. The number of aromatic amines is 1. The Morgan fingerprint density at radius 1 is 0.833 bits per heavy atom. The molecular formula is C24H17Cl2N3O. The summed E-state index contributed by atoms with van der Waals surface area (Å²) >= 11 is 12.3. The van der Waals surface area contributed by atoms with Crippen LogP contribution in [0.4, 0.5) is 0 Å². The molecule has 30 heavy (non-hydrogen) atoms. The van der Waals surface area contributed by atoms with Gasteiger partial charge in [0.1, 0.15) is 5.69 Å². The Bertz CT molecular complexity index is 1180. The first-order chi connectivity index (χ1) is 14.6. The zero-order valence-electron chi connectivity index (χ0n) is 15.8. The van der Waals surface area contributed by atoms with E-state index in [1.165, 1.54) is 6.21 Å². The van der Waals surface area contributed by atoms with Crippen LogP contribution in [-0.4, -0.2) is 17.1 Å². The number of carbonyl (C=O) groups is 1. The molecule has 3 aromatic carbocycles. The summed E-state index contributed by atoms with van der Waals surface area (Å²) in [4.78, 5) is 16.2. The van der Waals surface area contributed by atoms with E-state index in [0.717, 1.165) is 22.4 Å². The highest BCUT2D eigenvalue weighted by atomic mass is 35.5. The molecule has 0 atom stereocenters. The van der Waals surface area contributed by atoms with Crippen LogP contribution in [0.15, 0.2) is 90.0 Å². The number of nitrogens with one attached hydrogen (secondary N) is 2. The Morgan fingerprint density at radius 2 is 1.43 bits per heavy atom. The number of hydrogen-bond donors (Lipinski definition) is 2. The predicted molar refractivity (Wildman–Crippen MR) is 123 cm³/mol. The standard InChI is InChI=1S/C24H17Cl2N3O/c25-20-12-7-13-21(26)19(20)15-27-29-24(30)23-18(16-8-3-1-4-9-16)14-22(28-23)17-10-5-2-6-11-17/h1-15,28H,(H,29,30)/b27-15-. The number of aromatic nitrogens is 1. The van der Waals surface area contributed by atoms with Crippen LogP contribution >= 0.6 is 23.2 Å². The molecule has 0 spiro atoms. The number of hydrazone groups is 1. The fourth-order valence-electron chi connectivity index (χ4n) is 3.10. The van der Waals surface area contributed by atoms with E-state index in [1.54, 1.807) is 18.2 Å². The summed E-state index contributed by atoms with van der Waals surface area (Å²) in [7, 11) is 0. The third-order valence-electron chi connectivity index (χ3n) is 4.57. The molecule has 0 aliphatic heterocycles. The van der Waals surface area contributed by atoms with Gasteiger partial charge in [0.2, 0.25) is 0 Å².